The minimum Gasteiger partial charge on any atom is -0.383 e. The highest BCUT2D eigenvalue weighted by atomic mass is 16.2. The Labute approximate surface area is 154 Å². The fourth-order valence-corrected chi connectivity index (χ4v) is 2.82. The Kier molecular flexibility index (Phi) is 3.85. The van der Waals surface area contributed by atoms with Crippen molar-refractivity contribution in [1.82, 2.24) is 9.78 Å². The number of benzene rings is 2. The lowest BCUT2D eigenvalue weighted by molar-refractivity contribution is -0.114. The van der Waals surface area contributed by atoms with Crippen molar-refractivity contribution in [3.63, 3.8) is 0 Å². The first kappa shape index (κ1) is 16.4. The lowest BCUT2D eigenvalue weighted by atomic mass is 10.1. The third-order valence-electron chi connectivity index (χ3n) is 4.17. The minimum atomic E-state index is -0.426. The van der Waals surface area contributed by atoms with Gasteiger partial charge in [0, 0.05) is 0 Å². The number of carbonyl (C=O) groups is 1. The summed E-state index contributed by atoms with van der Waals surface area (Å²) in [5.41, 5.74) is 13.0. The van der Waals surface area contributed by atoms with Gasteiger partial charge < -0.3 is 11.5 Å². The van der Waals surface area contributed by atoms with Crippen molar-refractivity contribution >= 4 is 29.3 Å². The molecule has 0 unspecified atom stereocenters. The van der Waals surface area contributed by atoms with Crippen LogP contribution in [0.5, 0.6) is 0 Å². The van der Waals surface area contributed by atoms with Gasteiger partial charge in [-0.2, -0.15) is 5.01 Å². The summed E-state index contributed by atoms with van der Waals surface area (Å²) in [7, 11) is 0. The standard InChI is InChI=1S/C19H16N6O2/c20-16-14(18(26)24(22-16)12-7-3-1-4-8-12)11-15-17(21)23-25(19(15)27)13-9-5-2-6-10-13/h1-11,22H,20H2,(H2,21,23)/b15-11-. The number of aromatic nitrogens is 2. The SMILES string of the molecule is NC1=NN(c2ccccc2)C(=O)/C1=C\c1c(N)[nH]n(-c2ccccc2)c1=O. The van der Waals surface area contributed by atoms with E-state index in [9.17, 15) is 9.59 Å². The second-order valence-corrected chi connectivity index (χ2v) is 5.91. The number of para-hydroxylation sites is 2. The van der Waals surface area contributed by atoms with E-state index in [2.05, 4.69) is 10.2 Å². The molecule has 0 saturated carbocycles. The zero-order chi connectivity index (χ0) is 19.0. The number of nitrogens with zero attached hydrogens (tertiary/aromatic N) is 3. The van der Waals surface area contributed by atoms with Gasteiger partial charge in [-0.05, 0) is 30.3 Å². The van der Waals surface area contributed by atoms with Crippen molar-refractivity contribution in [2.45, 2.75) is 0 Å². The highest BCUT2D eigenvalue weighted by Gasteiger charge is 2.30. The molecular formula is C19H16N6O2. The molecule has 8 heteroatoms. The summed E-state index contributed by atoms with van der Waals surface area (Å²) in [5, 5.41) is 8.09. The van der Waals surface area contributed by atoms with E-state index in [1.165, 1.54) is 15.8 Å². The molecule has 134 valence electrons. The average Bonchev–Trinajstić information content (AvgIpc) is 3.14. The monoisotopic (exact) mass is 360 g/mol. The first-order chi connectivity index (χ1) is 13.1. The van der Waals surface area contributed by atoms with E-state index >= 15 is 0 Å². The molecule has 2 heterocycles. The van der Waals surface area contributed by atoms with Gasteiger partial charge in [0.1, 0.15) is 5.82 Å². The number of nitrogens with two attached hydrogens (primary N) is 2. The van der Waals surface area contributed by atoms with Crippen LogP contribution in [0.2, 0.25) is 0 Å². The van der Waals surface area contributed by atoms with Gasteiger partial charge in [-0.15, -0.1) is 5.10 Å². The van der Waals surface area contributed by atoms with Crippen LogP contribution in [0.3, 0.4) is 0 Å². The Morgan fingerprint density at radius 3 is 2.11 bits per heavy atom. The number of H-pyrrole nitrogens is 1. The minimum absolute atomic E-state index is 0.0233. The van der Waals surface area contributed by atoms with Crippen LogP contribution in [0, 0.1) is 0 Å². The highest BCUT2D eigenvalue weighted by Crippen LogP contribution is 2.23. The van der Waals surface area contributed by atoms with Crippen LogP contribution in [-0.4, -0.2) is 21.5 Å². The molecular weight excluding hydrogens is 344 g/mol. The van der Waals surface area contributed by atoms with E-state index < -0.39 is 5.91 Å². The quantitative estimate of drug-likeness (QED) is 0.612. The van der Waals surface area contributed by atoms with E-state index in [0.29, 0.717) is 11.4 Å². The van der Waals surface area contributed by atoms with Crippen LogP contribution in [0.1, 0.15) is 5.56 Å². The summed E-state index contributed by atoms with van der Waals surface area (Å²) in [5.74, 6) is -0.268. The first-order valence-electron chi connectivity index (χ1n) is 8.18. The fraction of sp³-hybridized carbons (Fsp3) is 0. The zero-order valence-electron chi connectivity index (χ0n) is 14.2. The van der Waals surface area contributed by atoms with Crippen LogP contribution in [-0.2, 0) is 4.79 Å². The van der Waals surface area contributed by atoms with Gasteiger partial charge in [-0.3, -0.25) is 14.7 Å². The van der Waals surface area contributed by atoms with Gasteiger partial charge in [0.2, 0.25) is 0 Å². The number of hydrazone groups is 1. The number of nitrogen functional groups attached to an aromatic ring is 1. The number of aromatic amines is 1. The van der Waals surface area contributed by atoms with Gasteiger partial charge in [0.25, 0.3) is 11.5 Å². The molecule has 8 nitrogen and oxygen atoms in total. The second kappa shape index (κ2) is 6.34. The molecule has 0 fully saturated rings. The first-order valence-corrected chi connectivity index (χ1v) is 8.18. The average molecular weight is 360 g/mol. The van der Waals surface area contributed by atoms with Crippen molar-refractivity contribution in [2.75, 3.05) is 10.7 Å². The second-order valence-electron chi connectivity index (χ2n) is 5.91. The number of hydrogen-bond donors (Lipinski definition) is 3. The van der Waals surface area contributed by atoms with Gasteiger partial charge in [0.15, 0.2) is 5.84 Å². The number of amides is 1. The predicted octanol–water partition coefficient (Wildman–Crippen LogP) is 1.45. The lowest BCUT2D eigenvalue weighted by Gasteiger charge is -2.10. The van der Waals surface area contributed by atoms with E-state index in [0.717, 1.165) is 0 Å². The molecule has 1 aliphatic heterocycles. The molecule has 0 radical (unpaired) electrons. The van der Waals surface area contributed by atoms with E-state index in [-0.39, 0.29) is 28.3 Å². The molecule has 0 aliphatic carbocycles. The lowest BCUT2D eigenvalue weighted by Crippen LogP contribution is -2.22. The van der Waals surface area contributed by atoms with Crippen molar-refractivity contribution in [3.05, 3.63) is 82.2 Å². The van der Waals surface area contributed by atoms with E-state index in [1.54, 1.807) is 48.5 Å². The summed E-state index contributed by atoms with van der Waals surface area (Å²) in [6.45, 7) is 0. The topological polar surface area (TPSA) is 122 Å². The van der Waals surface area contributed by atoms with Crippen LogP contribution < -0.4 is 22.0 Å². The number of rotatable bonds is 3. The molecule has 27 heavy (non-hydrogen) atoms. The molecule has 0 bridgehead atoms. The Bertz CT molecular complexity index is 1130. The summed E-state index contributed by atoms with van der Waals surface area (Å²) in [6.07, 6.45) is 1.37. The molecule has 1 aliphatic rings. The summed E-state index contributed by atoms with van der Waals surface area (Å²) >= 11 is 0. The maximum atomic E-state index is 12.7. The fourth-order valence-electron chi connectivity index (χ4n) is 2.82. The molecule has 5 N–H and O–H groups in total. The molecule has 0 atom stereocenters. The number of amidine groups is 1. The van der Waals surface area contributed by atoms with Crippen molar-refractivity contribution in [3.8, 4) is 5.69 Å². The van der Waals surface area contributed by atoms with Crippen LogP contribution >= 0.6 is 0 Å². The van der Waals surface area contributed by atoms with Gasteiger partial charge >= 0.3 is 0 Å². The molecule has 1 amide bonds. The Morgan fingerprint density at radius 2 is 1.48 bits per heavy atom. The largest absolute Gasteiger partial charge is 0.383 e. The number of hydrogen-bond acceptors (Lipinski definition) is 5. The van der Waals surface area contributed by atoms with Crippen molar-refractivity contribution in [1.29, 1.82) is 0 Å². The highest BCUT2D eigenvalue weighted by molar-refractivity contribution is 6.31. The van der Waals surface area contributed by atoms with Crippen LogP contribution in [0.15, 0.2) is 76.1 Å². The van der Waals surface area contributed by atoms with E-state index in [1.807, 2.05) is 12.1 Å². The maximum Gasteiger partial charge on any atom is 0.282 e. The van der Waals surface area contributed by atoms with Gasteiger partial charge in [-0.1, -0.05) is 36.4 Å². The van der Waals surface area contributed by atoms with Crippen molar-refractivity contribution < 1.29 is 4.79 Å². The number of nitrogens with one attached hydrogen (secondary N) is 1. The molecule has 3 aromatic rings. The third kappa shape index (κ3) is 2.78. The summed E-state index contributed by atoms with van der Waals surface area (Å²) < 4.78 is 1.31. The number of anilines is 2. The number of carbonyl (C=O) groups excluding carboxylic acids is 1. The normalized spacial score (nSPS) is 15.4. The van der Waals surface area contributed by atoms with Gasteiger partial charge in [-0.25, -0.2) is 4.68 Å². The summed E-state index contributed by atoms with van der Waals surface area (Å²) in [6, 6.07) is 17.9. The molecule has 4 rings (SSSR count). The molecule has 0 spiro atoms. The molecule has 2 aromatic carbocycles. The van der Waals surface area contributed by atoms with Gasteiger partial charge in [0.05, 0.1) is 22.5 Å². The molecule has 1 aromatic heterocycles. The Morgan fingerprint density at radius 1 is 0.889 bits per heavy atom. The zero-order valence-corrected chi connectivity index (χ0v) is 14.2. The van der Waals surface area contributed by atoms with Crippen LogP contribution in [0.25, 0.3) is 11.8 Å². The third-order valence-corrected chi connectivity index (χ3v) is 4.17. The maximum absolute atomic E-state index is 12.7. The van der Waals surface area contributed by atoms with E-state index in [4.69, 9.17) is 11.5 Å². The molecule has 0 saturated heterocycles. The van der Waals surface area contributed by atoms with Crippen molar-refractivity contribution in [2.24, 2.45) is 10.8 Å². The predicted molar refractivity (Wildman–Crippen MR) is 104 cm³/mol. The smallest absolute Gasteiger partial charge is 0.282 e. The summed E-state index contributed by atoms with van der Waals surface area (Å²) in [4.78, 5) is 25.5. The Hall–Kier alpha value is -4.07. The Balaban J connectivity index is 1.75. The van der Waals surface area contributed by atoms with Crippen LogP contribution in [0.4, 0.5) is 11.5 Å².